The average molecular weight is 547 g/mol. The van der Waals surface area contributed by atoms with E-state index in [0.29, 0.717) is 24.4 Å². The molecule has 39 heavy (non-hydrogen) atoms. The third-order valence-corrected chi connectivity index (χ3v) is 7.94. The molecule has 11 heteroatoms. The van der Waals surface area contributed by atoms with Gasteiger partial charge in [0.1, 0.15) is 10.9 Å². The van der Waals surface area contributed by atoms with Crippen molar-refractivity contribution in [3.8, 4) is 0 Å². The largest absolute Gasteiger partial charge is 0.395 e. The van der Waals surface area contributed by atoms with Crippen LogP contribution in [0.1, 0.15) is 55.7 Å². The molecule has 3 heterocycles. The van der Waals surface area contributed by atoms with Crippen molar-refractivity contribution in [3.63, 3.8) is 0 Å². The quantitative estimate of drug-likeness (QED) is 0.264. The Bertz CT molecular complexity index is 1550. The number of primary amides is 1. The highest BCUT2D eigenvalue weighted by atomic mass is 32.1. The molecule has 1 aliphatic rings. The lowest BCUT2D eigenvalue weighted by Crippen LogP contribution is -2.45. The number of para-hydroxylation sites is 1. The third-order valence-electron chi connectivity index (χ3n) is 7.09. The fourth-order valence-electron chi connectivity index (χ4n) is 4.83. The fraction of sp³-hybridized carbons (Fsp3) is 0.286. The number of nitrogens with zero attached hydrogens (tertiary/aromatic N) is 2. The number of carbonyl (C=O) groups is 3. The first-order valence-electron chi connectivity index (χ1n) is 12.7. The zero-order chi connectivity index (χ0) is 27.7. The first kappa shape index (κ1) is 26.4. The second-order valence-electron chi connectivity index (χ2n) is 9.65. The minimum atomic E-state index is -1.07. The SMILES string of the molecule is Cc1ccc(N(C(=O)c2snc(C(N)=O)c2N)[C@@H](C(=O)NC[C@H]2CCCO2)c2c[nH]c3ccccc23)cc1C. The number of nitrogen functional groups attached to an aromatic ring is 1. The van der Waals surface area contributed by atoms with Gasteiger partial charge in [-0.3, -0.25) is 19.3 Å². The molecule has 1 aliphatic heterocycles. The van der Waals surface area contributed by atoms with Crippen LogP contribution >= 0.6 is 11.5 Å². The van der Waals surface area contributed by atoms with Crippen molar-refractivity contribution in [3.05, 3.63) is 75.9 Å². The first-order chi connectivity index (χ1) is 18.8. The second kappa shape index (κ2) is 10.9. The molecule has 3 amide bonds. The number of aromatic nitrogens is 2. The summed E-state index contributed by atoms with van der Waals surface area (Å²) in [5.74, 6) is -1.77. The molecule has 202 valence electrons. The number of amides is 3. The fourth-order valence-corrected chi connectivity index (χ4v) is 5.57. The Morgan fingerprint density at radius 2 is 2.00 bits per heavy atom. The van der Waals surface area contributed by atoms with Gasteiger partial charge in [0.15, 0.2) is 5.69 Å². The van der Waals surface area contributed by atoms with Crippen molar-refractivity contribution >= 4 is 51.5 Å². The molecule has 0 radical (unpaired) electrons. The first-order valence-corrected chi connectivity index (χ1v) is 13.4. The molecule has 0 spiro atoms. The van der Waals surface area contributed by atoms with E-state index in [1.165, 1.54) is 4.90 Å². The Morgan fingerprint density at radius 1 is 1.21 bits per heavy atom. The Hall–Kier alpha value is -4.22. The summed E-state index contributed by atoms with van der Waals surface area (Å²) in [6.07, 6.45) is 3.45. The van der Waals surface area contributed by atoms with Gasteiger partial charge < -0.3 is 26.5 Å². The molecule has 0 unspecified atom stereocenters. The van der Waals surface area contributed by atoms with E-state index in [9.17, 15) is 14.4 Å². The number of benzene rings is 2. The van der Waals surface area contributed by atoms with Gasteiger partial charge in [0, 0.05) is 41.5 Å². The summed E-state index contributed by atoms with van der Waals surface area (Å²) >= 11 is 0.780. The Labute approximate surface area is 229 Å². The molecule has 0 bridgehead atoms. The second-order valence-corrected chi connectivity index (χ2v) is 10.4. The summed E-state index contributed by atoms with van der Waals surface area (Å²) in [7, 11) is 0. The van der Waals surface area contributed by atoms with Gasteiger partial charge >= 0.3 is 0 Å². The number of hydrogen-bond donors (Lipinski definition) is 4. The number of fused-ring (bicyclic) bond motifs is 1. The summed E-state index contributed by atoms with van der Waals surface area (Å²) in [6.45, 7) is 4.89. The third kappa shape index (κ3) is 5.10. The molecule has 1 fully saturated rings. The molecular weight excluding hydrogens is 516 g/mol. The van der Waals surface area contributed by atoms with Crippen molar-refractivity contribution in [2.75, 3.05) is 23.8 Å². The van der Waals surface area contributed by atoms with Gasteiger partial charge in [-0.05, 0) is 67.5 Å². The number of nitrogens with one attached hydrogen (secondary N) is 2. The van der Waals surface area contributed by atoms with Gasteiger partial charge in [-0.2, -0.15) is 4.37 Å². The van der Waals surface area contributed by atoms with E-state index in [1.54, 1.807) is 12.3 Å². The normalized spacial score (nSPS) is 15.8. The molecule has 0 saturated carbocycles. The van der Waals surface area contributed by atoms with E-state index < -0.39 is 17.9 Å². The van der Waals surface area contributed by atoms with Crippen molar-refractivity contribution in [2.45, 2.75) is 38.8 Å². The van der Waals surface area contributed by atoms with Gasteiger partial charge in [-0.1, -0.05) is 24.3 Å². The highest BCUT2D eigenvalue weighted by molar-refractivity contribution is 7.09. The summed E-state index contributed by atoms with van der Waals surface area (Å²) in [4.78, 5) is 44.8. The van der Waals surface area contributed by atoms with Crippen LogP contribution in [0.15, 0.2) is 48.7 Å². The van der Waals surface area contributed by atoms with E-state index in [4.69, 9.17) is 16.2 Å². The summed E-state index contributed by atoms with van der Waals surface area (Å²) < 4.78 is 9.73. The maximum Gasteiger partial charge on any atom is 0.273 e. The van der Waals surface area contributed by atoms with E-state index >= 15 is 0 Å². The van der Waals surface area contributed by atoms with Crippen molar-refractivity contribution < 1.29 is 19.1 Å². The predicted molar refractivity (Wildman–Crippen MR) is 151 cm³/mol. The number of rotatable bonds is 8. The number of carbonyl (C=O) groups excluding carboxylic acids is 3. The highest BCUT2D eigenvalue weighted by Gasteiger charge is 2.37. The molecule has 10 nitrogen and oxygen atoms in total. The molecule has 6 N–H and O–H groups in total. The van der Waals surface area contributed by atoms with Gasteiger partial charge in [0.05, 0.1) is 11.8 Å². The standard InChI is InChI=1S/C28H30N6O4S/c1-15-9-10-17(12-16(15)2)34(28(37)25-22(29)23(26(30)35)33-39-25)24(27(36)32-13-18-6-5-11-38-18)20-14-31-21-8-4-3-7-19(20)21/h3-4,7-10,12,14,18,24,31H,5-6,11,13,29H2,1-2H3,(H2,30,35)(H,32,36)/t18-,24-/m1/s1. The molecule has 2 aromatic carbocycles. The number of anilines is 2. The van der Waals surface area contributed by atoms with Crippen LogP contribution in [0.5, 0.6) is 0 Å². The van der Waals surface area contributed by atoms with Crippen molar-refractivity contribution in [1.29, 1.82) is 0 Å². The topological polar surface area (TPSA) is 156 Å². The molecule has 0 aliphatic carbocycles. The van der Waals surface area contributed by atoms with Crippen LogP contribution in [-0.2, 0) is 9.53 Å². The van der Waals surface area contributed by atoms with Gasteiger partial charge in [-0.15, -0.1) is 0 Å². The maximum absolute atomic E-state index is 14.3. The Morgan fingerprint density at radius 3 is 2.69 bits per heavy atom. The lowest BCUT2D eigenvalue weighted by atomic mass is 10.0. The molecule has 2 aromatic heterocycles. The lowest BCUT2D eigenvalue weighted by molar-refractivity contribution is -0.123. The number of nitrogens with two attached hydrogens (primary N) is 2. The maximum atomic E-state index is 14.3. The van der Waals surface area contributed by atoms with Crippen LogP contribution < -0.4 is 21.7 Å². The van der Waals surface area contributed by atoms with Gasteiger partial charge in [-0.25, -0.2) is 0 Å². The van der Waals surface area contributed by atoms with Crippen molar-refractivity contribution in [1.82, 2.24) is 14.7 Å². The number of hydrogen-bond acceptors (Lipinski definition) is 7. The minimum Gasteiger partial charge on any atom is -0.395 e. The zero-order valence-electron chi connectivity index (χ0n) is 21.7. The number of aryl methyl sites for hydroxylation is 2. The van der Waals surface area contributed by atoms with E-state index in [0.717, 1.165) is 46.4 Å². The zero-order valence-corrected chi connectivity index (χ0v) is 22.5. The van der Waals surface area contributed by atoms with Crippen LogP contribution in [-0.4, -0.2) is 46.3 Å². The average Bonchev–Trinajstić information content (AvgIpc) is 3.67. The minimum absolute atomic E-state index is 0.0267. The molecule has 4 aromatic rings. The predicted octanol–water partition coefficient (Wildman–Crippen LogP) is 3.61. The molecule has 1 saturated heterocycles. The number of aromatic amines is 1. The van der Waals surface area contributed by atoms with E-state index in [1.807, 2.05) is 50.2 Å². The van der Waals surface area contributed by atoms with Crippen LogP contribution in [0.2, 0.25) is 0 Å². The van der Waals surface area contributed by atoms with Crippen LogP contribution in [0.4, 0.5) is 11.4 Å². The van der Waals surface area contributed by atoms with Crippen molar-refractivity contribution in [2.24, 2.45) is 5.73 Å². The summed E-state index contributed by atoms with van der Waals surface area (Å²) in [6, 6.07) is 12.0. The van der Waals surface area contributed by atoms with Crippen LogP contribution in [0.25, 0.3) is 10.9 Å². The molecular formula is C28H30N6O4S. The molecule has 5 rings (SSSR count). The summed E-state index contributed by atoms with van der Waals surface area (Å²) in [5.41, 5.74) is 15.2. The Balaban J connectivity index is 1.66. The number of ether oxygens (including phenoxy) is 1. The monoisotopic (exact) mass is 546 g/mol. The Kier molecular flexibility index (Phi) is 7.36. The summed E-state index contributed by atoms with van der Waals surface area (Å²) in [5, 5.41) is 3.81. The highest BCUT2D eigenvalue weighted by Crippen LogP contribution is 2.36. The smallest absolute Gasteiger partial charge is 0.273 e. The van der Waals surface area contributed by atoms with E-state index in [2.05, 4.69) is 14.7 Å². The van der Waals surface area contributed by atoms with E-state index in [-0.39, 0.29) is 28.3 Å². The van der Waals surface area contributed by atoms with Crippen LogP contribution in [0, 0.1) is 13.8 Å². The van der Waals surface area contributed by atoms with Gasteiger partial charge in [0.25, 0.3) is 11.8 Å². The number of H-pyrrole nitrogens is 1. The van der Waals surface area contributed by atoms with Crippen LogP contribution in [0.3, 0.4) is 0 Å². The van der Waals surface area contributed by atoms with Gasteiger partial charge in [0.2, 0.25) is 5.91 Å². The lowest BCUT2D eigenvalue weighted by Gasteiger charge is -2.31. The molecule has 2 atom stereocenters.